The van der Waals surface area contributed by atoms with E-state index in [1.807, 2.05) is 6.92 Å². The summed E-state index contributed by atoms with van der Waals surface area (Å²) in [7, 11) is 1.57. The Balaban J connectivity index is 1.91. The quantitative estimate of drug-likeness (QED) is 0.888. The number of rotatable bonds is 5. The highest BCUT2D eigenvalue weighted by molar-refractivity contribution is 6.04. The molecule has 108 valence electrons. The number of carbonyl (C=O) groups excluding carboxylic acids is 1. The molecular formula is C14H17FN2O3. The molecule has 20 heavy (non-hydrogen) atoms. The Morgan fingerprint density at radius 1 is 1.55 bits per heavy atom. The summed E-state index contributed by atoms with van der Waals surface area (Å²) in [4.78, 5) is 17.1. The van der Waals surface area contributed by atoms with Gasteiger partial charge < -0.3 is 14.9 Å². The van der Waals surface area contributed by atoms with E-state index in [1.165, 1.54) is 12.1 Å². The van der Waals surface area contributed by atoms with Crippen molar-refractivity contribution in [2.75, 3.05) is 13.7 Å². The van der Waals surface area contributed by atoms with Gasteiger partial charge in [0.15, 0.2) is 0 Å². The SMILES string of the molecule is COC[C@H](C)NC(=O)[C@@H]1CC(c2ccc(F)cc2)=NO1. The Hall–Kier alpha value is -1.95. The first-order valence-corrected chi connectivity index (χ1v) is 6.38. The monoisotopic (exact) mass is 280 g/mol. The average Bonchev–Trinajstić information content (AvgIpc) is 2.89. The molecule has 0 spiro atoms. The number of nitrogens with zero attached hydrogens (tertiary/aromatic N) is 1. The lowest BCUT2D eigenvalue weighted by atomic mass is 10.0. The minimum atomic E-state index is -0.644. The van der Waals surface area contributed by atoms with Gasteiger partial charge in [0.25, 0.3) is 5.91 Å². The van der Waals surface area contributed by atoms with Gasteiger partial charge in [0.05, 0.1) is 12.3 Å². The van der Waals surface area contributed by atoms with Crippen LogP contribution in [0.5, 0.6) is 0 Å². The van der Waals surface area contributed by atoms with E-state index in [-0.39, 0.29) is 17.8 Å². The fraction of sp³-hybridized carbons (Fsp3) is 0.429. The minimum Gasteiger partial charge on any atom is -0.383 e. The third-order valence-corrected chi connectivity index (χ3v) is 2.94. The van der Waals surface area contributed by atoms with Crippen molar-refractivity contribution in [3.8, 4) is 0 Å². The van der Waals surface area contributed by atoms with E-state index in [9.17, 15) is 9.18 Å². The molecule has 1 aliphatic heterocycles. The van der Waals surface area contributed by atoms with Gasteiger partial charge in [-0.05, 0) is 24.6 Å². The second-order valence-electron chi connectivity index (χ2n) is 4.71. The lowest BCUT2D eigenvalue weighted by Gasteiger charge is -2.15. The van der Waals surface area contributed by atoms with E-state index < -0.39 is 6.10 Å². The van der Waals surface area contributed by atoms with E-state index in [2.05, 4.69) is 10.5 Å². The molecule has 0 unspecified atom stereocenters. The molecule has 1 amide bonds. The van der Waals surface area contributed by atoms with Crippen LogP contribution in [-0.4, -0.2) is 37.5 Å². The number of ether oxygens (including phenoxy) is 1. The molecule has 5 nitrogen and oxygen atoms in total. The summed E-state index contributed by atoms with van der Waals surface area (Å²) in [5.74, 6) is -0.536. The maximum Gasteiger partial charge on any atom is 0.264 e. The number of hydrogen-bond donors (Lipinski definition) is 1. The maximum atomic E-state index is 12.8. The minimum absolute atomic E-state index is 0.0917. The van der Waals surface area contributed by atoms with Crippen LogP contribution in [-0.2, 0) is 14.4 Å². The van der Waals surface area contributed by atoms with Crippen molar-refractivity contribution in [3.05, 3.63) is 35.6 Å². The highest BCUT2D eigenvalue weighted by Gasteiger charge is 2.29. The second-order valence-corrected chi connectivity index (χ2v) is 4.71. The first kappa shape index (κ1) is 14.5. The van der Waals surface area contributed by atoms with Crippen LogP contribution < -0.4 is 5.32 Å². The summed E-state index contributed by atoms with van der Waals surface area (Å²) >= 11 is 0. The lowest BCUT2D eigenvalue weighted by molar-refractivity contribution is -0.132. The Bertz CT molecular complexity index is 502. The second kappa shape index (κ2) is 6.47. The lowest BCUT2D eigenvalue weighted by Crippen LogP contribution is -2.42. The highest BCUT2D eigenvalue weighted by Crippen LogP contribution is 2.17. The molecule has 1 heterocycles. The third kappa shape index (κ3) is 3.54. The molecule has 0 fully saturated rings. The molecule has 6 heteroatoms. The van der Waals surface area contributed by atoms with Gasteiger partial charge in [-0.2, -0.15) is 0 Å². The van der Waals surface area contributed by atoms with Gasteiger partial charge in [0, 0.05) is 19.6 Å². The number of halogens is 1. The first-order chi connectivity index (χ1) is 9.60. The van der Waals surface area contributed by atoms with Gasteiger partial charge in [-0.15, -0.1) is 0 Å². The van der Waals surface area contributed by atoms with Gasteiger partial charge >= 0.3 is 0 Å². The molecule has 2 atom stereocenters. The maximum absolute atomic E-state index is 12.8. The fourth-order valence-electron chi connectivity index (χ4n) is 1.96. The molecule has 0 bridgehead atoms. The molecule has 0 saturated heterocycles. The van der Waals surface area contributed by atoms with Crippen molar-refractivity contribution >= 4 is 11.6 Å². The number of oxime groups is 1. The summed E-state index contributed by atoms with van der Waals surface area (Å²) < 4.78 is 17.8. The van der Waals surface area contributed by atoms with Crippen LogP contribution >= 0.6 is 0 Å². The summed E-state index contributed by atoms with van der Waals surface area (Å²) in [5, 5.41) is 6.68. The zero-order chi connectivity index (χ0) is 14.5. The van der Waals surface area contributed by atoms with E-state index in [1.54, 1.807) is 19.2 Å². The highest BCUT2D eigenvalue weighted by atomic mass is 19.1. The number of benzene rings is 1. The molecule has 0 saturated carbocycles. The smallest absolute Gasteiger partial charge is 0.264 e. The van der Waals surface area contributed by atoms with E-state index >= 15 is 0 Å². The van der Waals surface area contributed by atoms with Crippen LogP contribution in [0.4, 0.5) is 4.39 Å². The van der Waals surface area contributed by atoms with Crippen LogP contribution in [0.15, 0.2) is 29.4 Å². The average molecular weight is 280 g/mol. The van der Waals surface area contributed by atoms with Crippen molar-refractivity contribution in [3.63, 3.8) is 0 Å². The molecule has 1 aromatic rings. The van der Waals surface area contributed by atoms with Gasteiger partial charge in [0.2, 0.25) is 6.10 Å². The zero-order valence-corrected chi connectivity index (χ0v) is 11.4. The number of hydrogen-bond acceptors (Lipinski definition) is 4. The van der Waals surface area contributed by atoms with Gasteiger partial charge in [0.1, 0.15) is 5.82 Å². The van der Waals surface area contributed by atoms with Crippen molar-refractivity contribution in [1.82, 2.24) is 5.32 Å². The molecule has 2 rings (SSSR count). The molecular weight excluding hydrogens is 263 g/mol. The summed E-state index contributed by atoms with van der Waals surface area (Å²) in [6, 6.07) is 5.85. The third-order valence-electron chi connectivity index (χ3n) is 2.94. The van der Waals surface area contributed by atoms with Gasteiger partial charge in [-0.25, -0.2) is 4.39 Å². The standard InChI is InChI=1S/C14H17FN2O3/c1-9(8-19-2)16-14(18)13-7-12(17-20-13)10-3-5-11(15)6-4-10/h3-6,9,13H,7-8H2,1-2H3,(H,16,18)/t9-,13-/m0/s1. The number of nitrogens with one attached hydrogen (secondary N) is 1. The summed E-state index contributed by atoms with van der Waals surface area (Å²) in [5.41, 5.74) is 1.40. The van der Waals surface area contributed by atoms with Gasteiger partial charge in [-0.1, -0.05) is 17.3 Å². The van der Waals surface area contributed by atoms with Gasteiger partial charge in [-0.3, -0.25) is 4.79 Å². The Kier molecular flexibility index (Phi) is 4.68. The molecule has 0 radical (unpaired) electrons. The molecule has 1 N–H and O–H groups in total. The fourth-order valence-corrected chi connectivity index (χ4v) is 1.96. The van der Waals surface area contributed by atoms with Crippen molar-refractivity contribution in [1.29, 1.82) is 0 Å². The van der Waals surface area contributed by atoms with Crippen LogP contribution in [0.2, 0.25) is 0 Å². The molecule has 0 aliphatic carbocycles. The Labute approximate surface area is 116 Å². The van der Waals surface area contributed by atoms with E-state index in [0.29, 0.717) is 18.7 Å². The van der Waals surface area contributed by atoms with Crippen LogP contribution in [0.25, 0.3) is 0 Å². The largest absolute Gasteiger partial charge is 0.383 e. The topological polar surface area (TPSA) is 59.9 Å². The number of carbonyl (C=O) groups is 1. The molecule has 1 aromatic carbocycles. The summed E-state index contributed by atoms with van der Waals surface area (Å²) in [6.07, 6.45) is -0.272. The van der Waals surface area contributed by atoms with Crippen molar-refractivity contribution < 1.29 is 18.8 Å². The van der Waals surface area contributed by atoms with E-state index in [0.717, 1.165) is 5.56 Å². The van der Waals surface area contributed by atoms with Crippen LogP contribution in [0.3, 0.4) is 0 Å². The van der Waals surface area contributed by atoms with Crippen molar-refractivity contribution in [2.45, 2.75) is 25.5 Å². The predicted octanol–water partition coefficient (Wildman–Crippen LogP) is 1.47. The normalized spacial score (nSPS) is 19.1. The van der Waals surface area contributed by atoms with Crippen molar-refractivity contribution in [2.24, 2.45) is 5.16 Å². The molecule has 0 aromatic heterocycles. The Morgan fingerprint density at radius 2 is 2.25 bits per heavy atom. The Morgan fingerprint density at radius 3 is 2.90 bits per heavy atom. The number of amides is 1. The molecule has 1 aliphatic rings. The van der Waals surface area contributed by atoms with E-state index in [4.69, 9.17) is 9.57 Å². The summed E-state index contributed by atoms with van der Waals surface area (Å²) in [6.45, 7) is 2.28. The van der Waals surface area contributed by atoms with Crippen LogP contribution in [0, 0.1) is 5.82 Å². The predicted molar refractivity (Wildman–Crippen MR) is 71.9 cm³/mol. The van der Waals surface area contributed by atoms with Crippen LogP contribution in [0.1, 0.15) is 18.9 Å². The zero-order valence-electron chi connectivity index (χ0n) is 11.4. The first-order valence-electron chi connectivity index (χ1n) is 6.38. The number of methoxy groups -OCH3 is 1.